The zero-order valence-corrected chi connectivity index (χ0v) is 15.2. The smallest absolute Gasteiger partial charge is 0.304 e. The molecule has 9 heteroatoms. The molecule has 1 saturated heterocycles. The number of nitrogens with zero attached hydrogens (tertiary/aromatic N) is 3. The van der Waals surface area contributed by atoms with Crippen LogP contribution in [0.5, 0.6) is 0 Å². The Balaban J connectivity index is 3.03. The van der Waals surface area contributed by atoms with E-state index in [-0.39, 0.29) is 6.61 Å². The molecule has 1 fully saturated rings. The van der Waals surface area contributed by atoms with Gasteiger partial charge >= 0.3 is 5.97 Å². The third-order valence-corrected chi connectivity index (χ3v) is 3.88. The fraction of sp³-hybridized carbons (Fsp3) is 0.938. The van der Waals surface area contributed by atoms with Crippen molar-refractivity contribution in [3.63, 3.8) is 0 Å². The predicted octanol–water partition coefficient (Wildman–Crippen LogP) is 2.32. The third-order valence-electron chi connectivity index (χ3n) is 3.88. The molecule has 5 atom stereocenters. The van der Waals surface area contributed by atoms with E-state index in [2.05, 4.69) is 10.0 Å². The van der Waals surface area contributed by atoms with Crippen LogP contribution < -0.4 is 0 Å². The molecule has 25 heavy (non-hydrogen) atoms. The lowest BCUT2D eigenvalue weighted by Gasteiger charge is -2.43. The van der Waals surface area contributed by atoms with Crippen LogP contribution in [-0.4, -0.2) is 61.5 Å². The number of rotatable bonds is 11. The molecule has 0 amide bonds. The third kappa shape index (κ3) is 6.80. The second kappa shape index (κ2) is 12.1. The summed E-state index contributed by atoms with van der Waals surface area (Å²) in [5, 5.41) is 13.4. The van der Waals surface area contributed by atoms with E-state index in [1.54, 1.807) is 0 Å². The molecule has 0 aromatic rings. The highest BCUT2D eigenvalue weighted by atomic mass is 16.7. The number of azide groups is 1. The largest absolute Gasteiger partial charge is 0.435 e. The van der Waals surface area contributed by atoms with Gasteiger partial charge in [0.15, 0.2) is 0 Å². The van der Waals surface area contributed by atoms with E-state index in [4.69, 9.17) is 24.5 Å². The van der Waals surface area contributed by atoms with Gasteiger partial charge in [-0.05, 0) is 18.4 Å². The molecule has 1 aliphatic heterocycles. The maximum absolute atomic E-state index is 11.3. The molecule has 0 saturated carbocycles. The lowest BCUT2D eigenvalue weighted by atomic mass is 9.97. The number of unbranched alkanes of at least 4 members (excludes halogenated alkanes) is 2. The van der Waals surface area contributed by atoms with Crippen molar-refractivity contribution in [2.24, 2.45) is 5.11 Å². The van der Waals surface area contributed by atoms with Crippen LogP contribution in [-0.2, 0) is 23.7 Å². The maximum Gasteiger partial charge on any atom is 0.304 e. The van der Waals surface area contributed by atoms with Crippen LogP contribution in [0.4, 0.5) is 0 Å². The second-order valence-electron chi connectivity index (χ2n) is 5.91. The molecule has 0 bridgehead atoms. The minimum absolute atomic E-state index is 0.328. The van der Waals surface area contributed by atoms with Crippen LogP contribution >= 0.6 is 0 Å². The van der Waals surface area contributed by atoms with Crippen molar-refractivity contribution >= 4 is 5.97 Å². The zero-order chi connectivity index (χ0) is 18.7. The lowest BCUT2D eigenvalue weighted by molar-refractivity contribution is -0.273. The first-order valence-corrected chi connectivity index (χ1v) is 8.79. The second-order valence-corrected chi connectivity index (χ2v) is 5.91. The van der Waals surface area contributed by atoms with Crippen molar-refractivity contribution in [2.75, 3.05) is 19.8 Å². The van der Waals surface area contributed by atoms with Gasteiger partial charge in [0, 0.05) is 25.0 Å². The predicted molar refractivity (Wildman–Crippen MR) is 89.7 cm³/mol. The number of carbonyl (C=O) groups excluding carboxylic acids is 1. The van der Waals surface area contributed by atoms with Crippen LogP contribution in [0, 0.1) is 0 Å². The van der Waals surface area contributed by atoms with Crippen molar-refractivity contribution in [3.8, 4) is 0 Å². The van der Waals surface area contributed by atoms with E-state index in [1.165, 1.54) is 6.92 Å². The summed E-state index contributed by atoms with van der Waals surface area (Å²) in [5.41, 5.74) is 8.90. The normalized spacial score (nSPS) is 29.0. The van der Waals surface area contributed by atoms with Gasteiger partial charge in [0.05, 0.1) is 6.61 Å². The Kier molecular flexibility index (Phi) is 10.4. The molecule has 9 nitrogen and oxygen atoms in total. The Morgan fingerprint density at radius 3 is 2.28 bits per heavy atom. The fourth-order valence-corrected chi connectivity index (χ4v) is 2.60. The molecule has 1 N–H and O–H groups in total. The minimum atomic E-state index is -1.12. The first kappa shape index (κ1) is 21.7. The van der Waals surface area contributed by atoms with E-state index in [0.717, 1.165) is 25.7 Å². The highest BCUT2D eigenvalue weighted by Gasteiger charge is 2.48. The summed E-state index contributed by atoms with van der Waals surface area (Å²) in [6.45, 7) is 5.89. The Hall–Kier alpha value is -1.38. The van der Waals surface area contributed by atoms with Crippen molar-refractivity contribution < 1.29 is 28.8 Å². The Bertz CT molecular complexity index is 444. The first-order valence-electron chi connectivity index (χ1n) is 8.79. The molecule has 0 aromatic heterocycles. The van der Waals surface area contributed by atoms with Gasteiger partial charge in [-0.1, -0.05) is 31.8 Å². The van der Waals surface area contributed by atoms with Crippen molar-refractivity contribution in [2.45, 2.75) is 77.1 Å². The molecule has 0 aromatic carbocycles. The summed E-state index contributed by atoms with van der Waals surface area (Å²) in [7, 11) is 0. The van der Waals surface area contributed by atoms with Crippen molar-refractivity contribution in [1.29, 1.82) is 0 Å². The summed E-state index contributed by atoms with van der Waals surface area (Å²) in [6, 6.07) is -0.889. The van der Waals surface area contributed by atoms with Crippen molar-refractivity contribution in [3.05, 3.63) is 10.4 Å². The molecule has 0 radical (unpaired) electrons. The fourth-order valence-electron chi connectivity index (χ4n) is 2.60. The summed E-state index contributed by atoms with van der Waals surface area (Å²) < 4.78 is 22.5. The van der Waals surface area contributed by atoms with Crippen molar-refractivity contribution in [1.82, 2.24) is 0 Å². The molecule has 1 aliphatic rings. The summed E-state index contributed by atoms with van der Waals surface area (Å²) >= 11 is 0. The molecule has 1 unspecified atom stereocenters. The summed E-state index contributed by atoms with van der Waals surface area (Å²) in [4.78, 5) is 14.2. The average Bonchev–Trinajstić information content (AvgIpc) is 2.58. The van der Waals surface area contributed by atoms with Gasteiger partial charge in [-0.25, -0.2) is 0 Å². The van der Waals surface area contributed by atoms with Gasteiger partial charge < -0.3 is 24.1 Å². The van der Waals surface area contributed by atoms with Gasteiger partial charge in [0.25, 0.3) is 0 Å². The van der Waals surface area contributed by atoms with Crippen LogP contribution in [0.3, 0.4) is 0 Å². The number of esters is 1. The molecule has 0 aliphatic carbocycles. The quantitative estimate of drug-likeness (QED) is 0.198. The number of ether oxygens (including phenoxy) is 4. The van der Waals surface area contributed by atoms with Crippen LogP contribution in [0.25, 0.3) is 10.4 Å². The molecule has 144 valence electrons. The van der Waals surface area contributed by atoms with Gasteiger partial charge in [-0.3, -0.25) is 4.79 Å². The standard InChI is InChI=1S/C16H29N3O6/c1-4-6-8-22-14-12(10-20)25-16(24-11(3)21)13(18-19-17)15(14)23-9-7-5-2/h12-16,20H,4-10H2,1-3H3/t12-,13-,14+,15?,16+/m0/s1. The van der Waals surface area contributed by atoms with Crippen LogP contribution in [0.15, 0.2) is 5.11 Å². The van der Waals surface area contributed by atoms with Gasteiger partial charge in [0.2, 0.25) is 6.29 Å². The number of carbonyl (C=O) groups is 1. The summed E-state index contributed by atoms with van der Waals surface area (Å²) in [6.07, 6.45) is 0.411. The molecule has 1 heterocycles. The molecular formula is C16H29N3O6. The Morgan fingerprint density at radius 2 is 1.80 bits per heavy atom. The first-order chi connectivity index (χ1) is 12.1. The maximum atomic E-state index is 11.3. The van der Waals surface area contributed by atoms with Gasteiger partial charge in [-0.2, -0.15) is 0 Å². The van der Waals surface area contributed by atoms with Crippen LogP contribution in [0.1, 0.15) is 46.5 Å². The molecule has 0 spiro atoms. The SMILES string of the molecule is CCCCOC1[C@H](N=[N+]=[N-])[C@H](OC(C)=O)O[C@@H](CO)[C@H]1OCCCC. The van der Waals surface area contributed by atoms with E-state index in [0.29, 0.717) is 13.2 Å². The lowest BCUT2D eigenvalue weighted by Crippen LogP contribution is -2.60. The zero-order valence-electron chi connectivity index (χ0n) is 15.2. The Morgan fingerprint density at radius 1 is 1.20 bits per heavy atom. The minimum Gasteiger partial charge on any atom is -0.435 e. The molecule has 1 rings (SSSR count). The number of aliphatic hydroxyl groups excluding tert-OH is 1. The van der Waals surface area contributed by atoms with E-state index < -0.39 is 36.6 Å². The molecular weight excluding hydrogens is 330 g/mol. The summed E-state index contributed by atoms with van der Waals surface area (Å²) in [5.74, 6) is -0.572. The highest BCUT2D eigenvalue weighted by Crippen LogP contribution is 2.29. The van der Waals surface area contributed by atoms with Gasteiger partial charge in [-0.15, -0.1) is 0 Å². The monoisotopic (exact) mass is 359 g/mol. The van der Waals surface area contributed by atoms with E-state index in [9.17, 15) is 9.90 Å². The van der Waals surface area contributed by atoms with Gasteiger partial charge in [0.1, 0.15) is 24.4 Å². The number of aliphatic hydroxyl groups is 1. The van der Waals surface area contributed by atoms with Crippen LogP contribution in [0.2, 0.25) is 0 Å². The van der Waals surface area contributed by atoms with E-state index >= 15 is 0 Å². The Labute approximate surface area is 148 Å². The number of hydrogen-bond acceptors (Lipinski definition) is 7. The topological polar surface area (TPSA) is 123 Å². The number of hydrogen-bond donors (Lipinski definition) is 1. The highest BCUT2D eigenvalue weighted by molar-refractivity contribution is 5.66. The average molecular weight is 359 g/mol. The van der Waals surface area contributed by atoms with E-state index in [1.807, 2.05) is 13.8 Å².